The molecule has 0 aliphatic carbocycles. The summed E-state index contributed by atoms with van der Waals surface area (Å²) >= 11 is 0. The van der Waals surface area contributed by atoms with Crippen molar-refractivity contribution >= 4 is 5.91 Å². The molecule has 3 rings (SSSR count). The molecule has 0 N–H and O–H groups in total. The Morgan fingerprint density at radius 2 is 2.00 bits per heavy atom. The SMILES string of the molecule is Cc1ccc(C(=O)N2CCC(Oc3cc(C)n(C)c(=O)c3)C2)cc1F. The number of aryl methyl sites for hydroxylation is 2. The molecule has 6 heteroatoms. The zero-order valence-electron chi connectivity index (χ0n) is 14.6. The smallest absolute Gasteiger partial charge is 0.254 e. The van der Waals surface area contributed by atoms with Crippen molar-refractivity contribution in [3.8, 4) is 5.75 Å². The molecule has 0 bridgehead atoms. The maximum Gasteiger partial charge on any atom is 0.254 e. The molecule has 132 valence electrons. The van der Waals surface area contributed by atoms with Crippen molar-refractivity contribution < 1.29 is 13.9 Å². The third-order valence-corrected chi connectivity index (χ3v) is 4.63. The highest BCUT2D eigenvalue weighted by Crippen LogP contribution is 2.20. The monoisotopic (exact) mass is 344 g/mol. The van der Waals surface area contributed by atoms with E-state index in [4.69, 9.17) is 4.74 Å². The topological polar surface area (TPSA) is 51.5 Å². The molecule has 2 heterocycles. The van der Waals surface area contributed by atoms with Gasteiger partial charge >= 0.3 is 0 Å². The Balaban J connectivity index is 1.68. The second-order valence-electron chi connectivity index (χ2n) is 6.47. The zero-order chi connectivity index (χ0) is 18.1. The lowest BCUT2D eigenvalue weighted by Gasteiger charge is -2.18. The Labute approximate surface area is 145 Å². The molecule has 1 atom stereocenters. The van der Waals surface area contributed by atoms with Crippen LogP contribution in [0.25, 0.3) is 0 Å². The van der Waals surface area contributed by atoms with Gasteiger partial charge in [-0.05, 0) is 37.6 Å². The van der Waals surface area contributed by atoms with Crippen LogP contribution < -0.4 is 10.3 Å². The van der Waals surface area contributed by atoms with Crippen LogP contribution in [0.2, 0.25) is 0 Å². The van der Waals surface area contributed by atoms with E-state index < -0.39 is 0 Å². The van der Waals surface area contributed by atoms with Gasteiger partial charge in [0.05, 0.1) is 6.54 Å². The molecule has 0 radical (unpaired) electrons. The van der Waals surface area contributed by atoms with Crippen LogP contribution in [0.15, 0.2) is 35.1 Å². The van der Waals surface area contributed by atoms with Gasteiger partial charge in [-0.15, -0.1) is 0 Å². The van der Waals surface area contributed by atoms with E-state index in [0.717, 1.165) is 5.69 Å². The van der Waals surface area contributed by atoms with Gasteiger partial charge in [0, 0.05) is 37.3 Å². The second-order valence-corrected chi connectivity index (χ2v) is 6.47. The zero-order valence-corrected chi connectivity index (χ0v) is 14.6. The van der Waals surface area contributed by atoms with E-state index in [9.17, 15) is 14.0 Å². The van der Waals surface area contributed by atoms with E-state index in [1.807, 2.05) is 6.92 Å². The summed E-state index contributed by atoms with van der Waals surface area (Å²) in [5, 5.41) is 0. The van der Waals surface area contributed by atoms with Crippen molar-refractivity contribution in [2.75, 3.05) is 13.1 Å². The number of ether oxygens (including phenoxy) is 1. The molecule has 0 saturated carbocycles. The number of halogens is 1. The molecule has 5 nitrogen and oxygen atoms in total. The first-order valence-electron chi connectivity index (χ1n) is 8.25. The minimum atomic E-state index is -0.381. The predicted octanol–water partition coefficient (Wildman–Crippen LogP) is 2.43. The Morgan fingerprint density at radius 3 is 2.68 bits per heavy atom. The van der Waals surface area contributed by atoms with E-state index in [1.54, 1.807) is 41.6 Å². The van der Waals surface area contributed by atoms with Crippen molar-refractivity contribution in [2.24, 2.45) is 7.05 Å². The molecule has 1 aromatic carbocycles. The lowest BCUT2D eigenvalue weighted by atomic mass is 10.1. The number of benzene rings is 1. The molecule has 1 aliphatic rings. The summed E-state index contributed by atoms with van der Waals surface area (Å²) < 4.78 is 21.1. The molecular formula is C19H21FN2O3. The number of carbonyl (C=O) groups is 1. The van der Waals surface area contributed by atoms with Crippen LogP contribution in [0.1, 0.15) is 28.0 Å². The fourth-order valence-corrected chi connectivity index (χ4v) is 2.91. The van der Waals surface area contributed by atoms with Crippen LogP contribution in [0.3, 0.4) is 0 Å². The third-order valence-electron chi connectivity index (χ3n) is 4.63. The summed E-state index contributed by atoms with van der Waals surface area (Å²) in [7, 11) is 1.71. The van der Waals surface area contributed by atoms with Gasteiger partial charge in [-0.2, -0.15) is 0 Å². The highest BCUT2D eigenvalue weighted by atomic mass is 19.1. The molecule has 1 aliphatic heterocycles. The number of pyridine rings is 1. The molecule has 0 spiro atoms. The van der Waals surface area contributed by atoms with E-state index in [2.05, 4.69) is 0 Å². The van der Waals surface area contributed by atoms with Crippen LogP contribution in [-0.2, 0) is 7.05 Å². The number of likely N-dealkylation sites (tertiary alicyclic amines) is 1. The number of aromatic nitrogens is 1. The summed E-state index contributed by atoms with van der Waals surface area (Å²) in [6.45, 7) is 4.46. The normalized spacial score (nSPS) is 17.0. The first kappa shape index (κ1) is 17.2. The van der Waals surface area contributed by atoms with Crippen LogP contribution >= 0.6 is 0 Å². The van der Waals surface area contributed by atoms with Crippen molar-refractivity contribution in [3.05, 3.63) is 63.3 Å². The fourth-order valence-electron chi connectivity index (χ4n) is 2.91. The van der Waals surface area contributed by atoms with Crippen molar-refractivity contribution in [2.45, 2.75) is 26.4 Å². The minimum Gasteiger partial charge on any atom is -0.488 e. The van der Waals surface area contributed by atoms with Gasteiger partial charge in [0.25, 0.3) is 11.5 Å². The average molecular weight is 344 g/mol. The van der Waals surface area contributed by atoms with E-state index in [1.165, 1.54) is 12.1 Å². The fraction of sp³-hybridized carbons (Fsp3) is 0.368. The lowest BCUT2D eigenvalue weighted by Crippen LogP contribution is -2.31. The largest absolute Gasteiger partial charge is 0.488 e. The van der Waals surface area contributed by atoms with Crippen LogP contribution in [0.5, 0.6) is 5.75 Å². The lowest BCUT2D eigenvalue weighted by molar-refractivity contribution is 0.0772. The quantitative estimate of drug-likeness (QED) is 0.859. The molecular weight excluding hydrogens is 323 g/mol. The minimum absolute atomic E-state index is 0.129. The van der Waals surface area contributed by atoms with Gasteiger partial charge in [0.15, 0.2) is 0 Å². The second kappa shape index (κ2) is 6.70. The summed E-state index contributed by atoms with van der Waals surface area (Å²) in [5.74, 6) is -0.0695. The molecule has 2 aromatic rings. The Morgan fingerprint density at radius 1 is 1.24 bits per heavy atom. The standard InChI is InChI=1S/C19H21FN2O3/c1-12-4-5-14(9-17(12)20)19(24)22-7-6-15(11-22)25-16-8-13(2)21(3)18(23)10-16/h4-5,8-10,15H,6-7,11H2,1-3H3. The predicted molar refractivity (Wildman–Crippen MR) is 92.5 cm³/mol. The number of amides is 1. The molecule has 1 unspecified atom stereocenters. The summed E-state index contributed by atoms with van der Waals surface area (Å²) in [6.07, 6.45) is 0.500. The Bertz CT molecular complexity index is 875. The highest BCUT2D eigenvalue weighted by molar-refractivity contribution is 5.94. The molecule has 1 saturated heterocycles. The maximum atomic E-state index is 13.7. The van der Waals surface area contributed by atoms with Gasteiger partial charge in [0.2, 0.25) is 0 Å². The van der Waals surface area contributed by atoms with Crippen LogP contribution in [-0.4, -0.2) is 34.6 Å². The molecule has 1 fully saturated rings. The summed E-state index contributed by atoms with van der Waals surface area (Å²) in [4.78, 5) is 26.0. The first-order chi connectivity index (χ1) is 11.8. The summed E-state index contributed by atoms with van der Waals surface area (Å²) in [6, 6.07) is 7.78. The Hall–Kier alpha value is -2.63. The maximum absolute atomic E-state index is 13.7. The van der Waals surface area contributed by atoms with E-state index in [0.29, 0.717) is 36.4 Å². The number of hydrogen-bond donors (Lipinski definition) is 0. The van der Waals surface area contributed by atoms with Crippen LogP contribution in [0.4, 0.5) is 4.39 Å². The first-order valence-corrected chi connectivity index (χ1v) is 8.25. The molecule has 1 aromatic heterocycles. The third kappa shape index (κ3) is 3.57. The summed E-state index contributed by atoms with van der Waals surface area (Å²) in [5.41, 5.74) is 1.54. The van der Waals surface area contributed by atoms with Gasteiger partial charge in [-0.1, -0.05) is 6.07 Å². The van der Waals surface area contributed by atoms with E-state index >= 15 is 0 Å². The van der Waals surface area contributed by atoms with Crippen LogP contribution in [0, 0.1) is 19.7 Å². The van der Waals surface area contributed by atoms with Crippen molar-refractivity contribution in [1.82, 2.24) is 9.47 Å². The number of hydrogen-bond acceptors (Lipinski definition) is 3. The number of carbonyl (C=O) groups excluding carboxylic acids is 1. The van der Waals surface area contributed by atoms with Crippen molar-refractivity contribution in [1.29, 1.82) is 0 Å². The Kier molecular flexibility index (Phi) is 4.61. The molecule has 25 heavy (non-hydrogen) atoms. The highest BCUT2D eigenvalue weighted by Gasteiger charge is 2.28. The van der Waals surface area contributed by atoms with E-state index in [-0.39, 0.29) is 23.4 Å². The van der Waals surface area contributed by atoms with Gasteiger partial charge in [-0.3, -0.25) is 9.59 Å². The van der Waals surface area contributed by atoms with Gasteiger partial charge < -0.3 is 14.2 Å². The molecule has 1 amide bonds. The average Bonchev–Trinajstić information content (AvgIpc) is 3.03. The number of nitrogens with zero attached hydrogens (tertiary/aromatic N) is 2. The number of rotatable bonds is 3. The van der Waals surface area contributed by atoms with Crippen molar-refractivity contribution in [3.63, 3.8) is 0 Å². The van der Waals surface area contributed by atoms with Gasteiger partial charge in [-0.25, -0.2) is 4.39 Å². The van der Waals surface area contributed by atoms with Gasteiger partial charge in [0.1, 0.15) is 17.7 Å².